The molecule has 2 aromatic rings. The first-order valence-corrected chi connectivity index (χ1v) is 11.6. The monoisotopic (exact) mass is 438 g/mol. The third-order valence-electron chi connectivity index (χ3n) is 6.16. The molecule has 32 heavy (non-hydrogen) atoms. The van der Waals surface area contributed by atoms with Crippen LogP contribution in [0.3, 0.4) is 0 Å². The minimum atomic E-state index is -0.525. The predicted molar refractivity (Wildman–Crippen MR) is 125 cm³/mol. The second-order valence-corrected chi connectivity index (χ2v) is 8.93. The molecule has 2 amide bonds. The molecule has 0 atom stereocenters. The van der Waals surface area contributed by atoms with E-state index < -0.39 is 11.3 Å². The Kier molecular flexibility index (Phi) is 8.20. The van der Waals surface area contributed by atoms with E-state index in [1.807, 2.05) is 32.0 Å². The van der Waals surface area contributed by atoms with Gasteiger partial charge in [0.1, 0.15) is 11.1 Å². The Morgan fingerprint density at radius 1 is 1.09 bits per heavy atom. The van der Waals surface area contributed by atoms with Gasteiger partial charge in [0.25, 0.3) is 11.8 Å². The first-order chi connectivity index (χ1) is 15.4. The number of hydrogen-bond acceptors (Lipinski definition) is 4. The molecule has 0 aliphatic heterocycles. The lowest BCUT2D eigenvalue weighted by Crippen LogP contribution is -2.41. The summed E-state index contributed by atoms with van der Waals surface area (Å²) in [5.41, 5.74) is 0.259. The summed E-state index contributed by atoms with van der Waals surface area (Å²) in [5.74, 6) is -0.794. The molecule has 0 aromatic carbocycles. The van der Waals surface area contributed by atoms with E-state index in [9.17, 15) is 14.4 Å². The largest absolute Gasteiger partial charge is 0.349 e. The van der Waals surface area contributed by atoms with Crippen LogP contribution in [-0.2, 0) is 6.54 Å². The Hall–Kier alpha value is -2.96. The molecule has 1 aliphatic carbocycles. The average molecular weight is 439 g/mol. The van der Waals surface area contributed by atoms with Gasteiger partial charge in [0.15, 0.2) is 0 Å². The van der Waals surface area contributed by atoms with Gasteiger partial charge in [-0.25, -0.2) is 0 Å². The quantitative estimate of drug-likeness (QED) is 0.747. The molecule has 3 rings (SSSR count). The molecule has 0 bridgehead atoms. The van der Waals surface area contributed by atoms with Crippen molar-refractivity contribution in [2.24, 2.45) is 0 Å². The van der Waals surface area contributed by atoms with E-state index in [1.54, 1.807) is 24.0 Å². The summed E-state index contributed by atoms with van der Waals surface area (Å²) in [6, 6.07) is 5.57. The van der Waals surface area contributed by atoms with Gasteiger partial charge in [-0.2, -0.15) is 0 Å². The van der Waals surface area contributed by atoms with Crippen LogP contribution in [0.1, 0.15) is 85.2 Å². The minimum Gasteiger partial charge on any atom is -0.349 e. The van der Waals surface area contributed by atoms with Crippen molar-refractivity contribution >= 4 is 11.8 Å². The maximum atomic E-state index is 13.2. The zero-order valence-corrected chi connectivity index (χ0v) is 19.3. The lowest BCUT2D eigenvalue weighted by atomic mass is 9.96. The number of rotatable bonds is 6. The summed E-state index contributed by atoms with van der Waals surface area (Å²) in [6.07, 6.45) is 12.4. The topological polar surface area (TPSA) is 84.3 Å². The smallest absolute Gasteiger partial charge is 0.259 e. The molecule has 1 N–H and O–H groups in total. The van der Waals surface area contributed by atoms with Crippen molar-refractivity contribution in [3.8, 4) is 0 Å². The molecular weight excluding hydrogens is 404 g/mol. The van der Waals surface area contributed by atoms with Crippen LogP contribution in [-0.4, -0.2) is 45.4 Å². The fraction of sp³-hybridized carbons (Fsp3) is 0.520. The van der Waals surface area contributed by atoms with Crippen molar-refractivity contribution in [3.63, 3.8) is 0 Å². The number of amides is 2. The maximum absolute atomic E-state index is 13.2. The molecule has 0 saturated heterocycles. The molecule has 1 saturated carbocycles. The molecular formula is C25H34N4O3. The Labute approximate surface area is 189 Å². The predicted octanol–water partition coefficient (Wildman–Crippen LogP) is 3.61. The van der Waals surface area contributed by atoms with Gasteiger partial charge in [0.2, 0.25) is 5.43 Å². The van der Waals surface area contributed by atoms with E-state index in [0.717, 1.165) is 31.4 Å². The fourth-order valence-electron chi connectivity index (χ4n) is 4.00. The van der Waals surface area contributed by atoms with Gasteiger partial charge >= 0.3 is 0 Å². The van der Waals surface area contributed by atoms with Crippen LogP contribution in [0.15, 0.2) is 41.6 Å². The lowest BCUT2D eigenvalue weighted by Gasteiger charge is -2.23. The molecule has 0 radical (unpaired) electrons. The molecule has 1 aliphatic rings. The van der Waals surface area contributed by atoms with Gasteiger partial charge < -0.3 is 14.8 Å². The zero-order chi connectivity index (χ0) is 23.1. The Balaban J connectivity index is 1.94. The van der Waals surface area contributed by atoms with Crippen molar-refractivity contribution < 1.29 is 9.59 Å². The summed E-state index contributed by atoms with van der Waals surface area (Å²) in [7, 11) is 1.66. The van der Waals surface area contributed by atoms with E-state index in [0.29, 0.717) is 6.54 Å². The molecule has 1 fully saturated rings. The Morgan fingerprint density at radius 2 is 1.75 bits per heavy atom. The highest BCUT2D eigenvalue weighted by Gasteiger charge is 2.24. The second kappa shape index (κ2) is 11.1. The standard InChI is InChI=1S/C25H34N4O3/c1-18(2)28(3)25(32)22-17-29(15-20-13-9-10-14-26-20)16-21(23(22)30)24(31)27-19-11-7-5-4-6-8-12-19/h9-10,13-14,16-19H,4-8,11-12,15H2,1-3H3,(H,27,31). The zero-order valence-electron chi connectivity index (χ0n) is 19.3. The van der Waals surface area contributed by atoms with Crippen molar-refractivity contribution in [3.05, 3.63) is 63.8 Å². The van der Waals surface area contributed by atoms with Crippen LogP contribution in [0.2, 0.25) is 0 Å². The summed E-state index contributed by atoms with van der Waals surface area (Å²) in [4.78, 5) is 45.2. The first-order valence-electron chi connectivity index (χ1n) is 11.6. The molecule has 0 spiro atoms. The van der Waals surface area contributed by atoms with Gasteiger partial charge in [0.05, 0.1) is 12.2 Å². The second-order valence-electron chi connectivity index (χ2n) is 8.93. The van der Waals surface area contributed by atoms with E-state index in [4.69, 9.17) is 0 Å². The van der Waals surface area contributed by atoms with Gasteiger partial charge in [-0.15, -0.1) is 0 Å². The SMILES string of the molecule is CC(C)N(C)C(=O)c1cn(Cc2ccccn2)cc(C(=O)NC2CCCCCCC2)c1=O. The number of carbonyl (C=O) groups is 2. The van der Waals surface area contributed by atoms with Gasteiger partial charge in [-0.1, -0.05) is 38.2 Å². The van der Waals surface area contributed by atoms with Crippen LogP contribution in [0.25, 0.3) is 0 Å². The molecule has 2 heterocycles. The fourth-order valence-corrected chi connectivity index (χ4v) is 4.00. The van der Waals surface area contributed by atoms with E-state index in [1.165, 1.54) is 30.4 Å². The van der Waals surface area contributed by atoms with E-state index in [2.05, 4.69) is 10.3 Å². The number of aromatic nitrogens is 2. The highest BCUT2D eigenvalue weighted by molar-refractivity contribution is 5.99. The van der Waals surface area contributed by atoms with Crippen LogP contribution < -0.4 is 10.7 Å². The molecule has 0 unspecified atom stereocenters. The van der Waals surface area contributed by atoms with Gasteiger partial charge in [-0.3, -0.25) is 19.4 Å². The van der Waals surface area contributed by atoms with Gasteiger partial charge in [-0.05, 0) is 38.8 Å². The summed E-state index contributed by atoms with van der Waals surface area (Å²) in [6.45, 7) is 4.13. The molecule has 172 valence electrons. The third kappa shape index (κ3) is 6.05. The van der Waals surface area contributed by atoms with E-state index >= 15 is 0 Å². The summed E-state index contributed by atoms with van der Waals surface area (Å²) >= 11 is 0. The number of pyridine rings is 2. The Bertz CT molecular complexity index is 976. The van der Waals surface area contributed by atoms with Crippen LogP contribution in [0.4, 0.5) is 0 Å². The minimum absolute atomic E-state index is 0.00227. The Morgan fingerprint density at radius 3 is 2.38 bits per heavy atom. The number of hydrogen-bond donors (Lipinski definition) is 1. The van der Waals surface area contributed by atoms with Gasteiger partial charge in [0, 0.05) is 37.7 Å². The lowest BCUT2D eigenvalue weighted by molar-refractivity contribution is 0.0752. The summed E-state index contributed by atoms with van der Waals surface area (Å²) in [5, 5.41) is 3.06. The average Bonchev–Trinajstić information content (AvgIpc) is 2.76. The van der Waals surface area contributed by atoms with Crippen molar-refractivity contribution in [1.29, 1.82) is 0 Å². The van der Waals surface area contributed by atoms with Crippen LogP contribution in [0.5, 0.6) is 0 Å². The highest BCUT2D eigenvalue weighted by atomic mass is 16.2. The number of nitrogens with zero attached hydrogens (tertiary/aromatic N) is 3. The maximum Gasteiger partial charge on any atom is 0.259 e. The molecule has 7 nitrogen and oxygen atoms in total. The van der Waals surface area contributed by atoms with Crippen LogP contribution in [0, 0.1) is 0 Å². The van der Waals surface area contributed by atoms with Crippen molar-refractivity contribution in [2.75, 3.05) is 7.05 Å². The highest BCUT2D eigenvalue weighted by Crippen LogP contribution is 2.17. The van der Waals surface area contributed by atoms with Crippen molar-refractivity contribution in [2.45, 2.75) is 77.4 Å². The normalized spacial score (nSPS) is 15.1. The number of carbonyl (C=O) groups excluding carboxylic acids is 2. The van der Waals surface area contributed by atoms with E-state index in [-0.39, 0.29) is 29.1 Å². The molecule has 7 heteroatoms. The van der Waals surface area contributed by atoms with Crippen LogP contribution >= 0.6 is 0 Å². The van der Waals surface area contributed by atoms with Crippen molar-refractivity contribution in [1.82, 2.24) is 19.8 Å². The third-order valence-corrected chi connectivity index (χ3v) is 6.16. The summed E-state index contributed by atoms with van der Waals surface area (Å²) < 4.78 is 1.71. The number of nitrogens with one attached hydrogen (secondary N) is 1. The first kappa shape index (κ1) is 23.7. The molecule has 2 aromatic heterocycles.